The van der Waals surface area contributed by atoms with Gasteiger partial charge in [-0.25, -0.2) is 9.37 Å². The largest absolute Gasteiger partial charge is 0.368 e. The van der Waals surface area contributed by atoms with E-state index in [1.807, 2.05) is 11.8 Å². The first kappa shape index (κ1) is 20.0. The van der Waals surface area contributed by atoms with Crippen molar-refractivity contribution in [3.05, 3.63) is 40.0 Å². The van der Waals surface area contributed by atoms with Crippen LogP contribution in [-0.2, 0) is 20.7 Å². The molecular formula is C21H24FN3O3S. The van der Waals surface area contributed by atoms with Gasteiger partial charge >= 0.3 is 0 Å². The third-order valence-corrected chi connectivity index (χ3v) is 6.35. The lowest BCUT2D eigenvalue weighted by molar-refractivity contribution is -0.145. The molecule has 1 atom stereocenters. The molecule has 6 nitrogen and oxygen atoms in total. The number of piperazine rings is 1. The standard InChI is InChI=1S/C21H24FN3O3S/c1-14-23-20(15-4-6-16(22)7-5-15)18(29-14)13-19(26)24-8-10-25(11-9-24)21(27)17-3-2-12-28-17/h4-7,17H,2-3,8-13H2,1H3. The molecule has 2 aliphatic heterocycles. The van der Waals surface area contributed by atoms with Crippen molar-refractivity contribution in [2.45, 2.75) is 32.3 Å². The Morgan fingerprint density at radius 2 is 1.86 bits per heavy atom. The van der Waals surface area contributed by atoms with E-state index >= 15 is 0 Å². The molecule has 0 saturated carbocycles. The van der Waals surface area contributed by atoms with E-state index in [9.17, 15) is 14.0 Å². The number of carbonyl (C=O) groups is 2. The van der Waals surface area contributed by atoms with Gasteiger partial charge in [-0.15, -0.1) is 11.3 Å². The average molecular weight is 418 g/mol. The average Bonchev–Trinajstić information content (AvgIpc) is 3.38. The number of carbonyl (C=O) groups excluding carboxylic acids is 2. The van der Waals surface area contributed by atoms with Gasteiger partial charge in [0, 0.05) is 43.2 Å². The van der Waals surface area contributed by atoms with Crippen molar-refractivity contribution in [1.82, 2.24) is 14.8 Å². The maximum atomic E-state index is 13.2. The van der Waals surface area contributed by atoms with E-state index in [2.05, 4.69) is 4.98 Å². The summed E-state index contributed by atoms with van der Waals surface area (Å²) in [6.07, 6.45) is 1.67. The molecule has 29 heavy (non-hydrogen) atoms. The lowest BCUT2D eigenvalue weighted by Crippen LogP contribution is -2.53. The monoisotopic (exact) mass is 417 g/mol. The van der Waals surface area contributed by atoms with Crippen LogP contribution in [0, 0.1) is 12.7 Å². The quantitative estimate of drug-likeness (QED) is 0.767. The molecule has 0 radical (unpaired) electrons. The SMILES string of the molecule is Cc1nc(-c2ccc(F)cc2)c(CC(=O)N2CCN(C(=O)C3CCCO3)CC2)s1. The lowest BCUT2D eigenvalue weighted by Gasteiger charge is -2.35. The van der Waals surface area contributed by atoms with Gasteiger partial charge in [-0.3, -0.25) is 9.59 Å². The van der Waals surface area contributed by atoms with E-state index in [1.54, 1.807) is 17.0 Å². The number of ether oxygens (including phenoxy) is 1. The van der Waals surface area contributed by atoms with Gasteiger partial charge in [0.15, 0.2) is 0 Å². The maximum Gasteiger partial charge on any atom is 0.251 e. The third-order valence-electron chi connectivity index (χ3n) is 5.38. The summed E-state index contributed by atoms with van der Waals surface area (Å²) in [6, 6.07) is 6.18. The van der Waals surface area contributed by atoms with Crippen LogP contribution in [0.5, 0.6) is 0 Å². The molecule has 2 aliphatic rings. The van der Waals surface area contributed by atoms with Crippen molar-refractivity contribution in [3.8, 4) is 11.3 Å². The highest BCUT2D eigenvalue weighted by Gasteiger charge is 2.31. The van der Waals surface area contributed by atoms with E-state index in [1.165, 1.54) is 23.5 Å². The first-order chi connectivity index (χ1) is 14.0. The van der Waals surface area contributed by atoms with Crippen molar-refractivity contribution in [2.75, 3.05) is 32.8 Å². The van der Waals surface area contributed by atoms with E-state index in [0.717, 1.165) is 34.0 Å². The summed E-state index contributed by atoms with van der Waals surface area (Å²) in [7, 11) is 0. The van der Waals surface area contributed by atoms with Gasteiger partial charge < -0.3 is 14.5 Å². The molecule has 1 unspecified atom stereocenters. The zero-order chi connectivity index (χ0) is 20.4. The van der Waals surface area contributed by atoms with Crippen LogP contribution in [0.2, 0.25) is 0 Å². The van der Waals surface area contributed by atoms with E-state index in [-0.39, 0.29) is 30.2 Å². The molecule has 4 rings (SSSR count). The second-order valence-corrected chi connectivity index (χ2v) is 8.68. The van der Waals surface area contributed by atoms with Crippen LogP contribution in [0.15, 0.2) is 24.3 Å². The van der Waals surface area contributed by atoms with Gasteiger partial charge in [-0.2, -0.15) is 0 Å². The summed E-state index contributed by atoms with van der Waals surface area (Å²) >= 11 is 1.49. The molecular weight excluding hydrogens is 393 g/mol. The Morgan fingerprint density at radius 3 is 2.52 bits per heavy atom. The Hall–Kier alpha value is -2.32. The molecule has 1 aromatic carbocycles. The minimum atomic E-state index is -0.310. The number of hydrogen-bond donors (Lipinski definition) is 0. The second kappa shape index (κ2) is 8.59. The molecule has 2 saturated heterocycles. The predicted molar refractivity (Wildman–Crippen MR) is 108 cm³/mol. The Balaban J connectivity index is 1.38. The van der Waals surface area contributed by atoms with Crippen LogP contribution in [0.1, 0.15) is 22.7 Å². The minimum Gasteiger partial charge on any atom is -0.368 e. The van der Waals surface area contributed by atoms with Crippen LogP contribution in [0.4, 0.5) is 4.39 Å². The minimum absolute atomic E-state index is 0.0289. The molecule has 3 heterocycles. The number of halogens is 1. The topological polar surface area (TPSA) is 62.7 Å². The molecule has 154 valence electrons. The van der Waals surface area contributed by atoms with Gasteiger partial charge in [0.05, 0.1) is 17.1 Å². The molecule has 2 aromatic rings. The van der Waals surface area contributed by atoms with Gasteiger partial charge in [-0.1, -0.05) is 0 Å². The summed E-state index contributed by atoms with van der Waals surface area (Å²) in [5.41, 5.74) is 1.55. The Kier molecular flexibility index (Phi) is 5.91. The highest BCUT2D eigenvalue weighted by atomic mass is 32.1. The van der Waals surface area contributed by atoms with Crippen molar-refractivity contribution in [1.29, 1.82) is 0 Å². The fourth-order valence-corrected chi connectivity index (χ4v) is 4.77. The molecule has 0 N–H and O–H groups in total. The number of hydrogen-bond acceptors (Lipinski definition) is 5. The zero-order valence-electron chi connectivity index (χ0n) is 16.4. The molecule has 8 heteroatoms. The van der Waals surface area contributed by atoms with Gasteiger partial charge in [0.1, 0.15) is 11.9 Å². The highest BCUT2D eigenvalue weighted by molar-refractivity contribution is 7.12. The van der Waals surface area contributed by atoms with Crippen molar-refractivity contribution < 1.29 is 18.7 Å². The predicted octanol–water partition coefficient (Wildman–Crippen LogP) is 2.65. The number of nitrogens with zero attached hydrogens (tertiary/aromatic N) is 3. The molecule has 1 aromatic heterocycles. The highest BCUT2D eigenvalue weighted by Crippen LogP contribution is 2.29. The number of amides is 2. The summed E-state index contributed by atoms with van der Waals surface area (Å²) in [6.45, 7) is 4.69. The van der Waals surface area contributed by atoms with Crippen LogP contribution >= 0.6 is 11.3 Å². The maximum absolute atomic E-state index is 13.2. The summed E-state index contributed by atoms with van der Waals surface area (Å²) in [5, 5.41) is 0.874. The summed E-state index contributed by atoms with van der Waals surface area (Å²) < 4.78 is 18.7. The fourth-order valence-electron chi connectivity index (χ4n) is 3.82. The van der Waals surface area contributed by atoms with E-state index < -0.39 is 0 Å². The number of thiazole rings is 1. The fraction of sp³-hybridized carbons (Fsp3) is 0.476. The van der Waals surface area contributed by atoms with Gasteiger partial charge in [0.2, 0.25) is 5.91 Å². The number of aryl methyl sites for hydroxylation is 1. The first-order valence-corrected chi connectivity index (χ1v) is 10.7. The van der Waals surface area contributed by atoms with Gasteiger partial charge in [0.25, 0.3) is 5.91 Å². The number of benzene rings is 1. The van der Waals surface area contributed by atoms with Crippen LogP contribution in [0.25, 0.3) is 11.3 Å². The summed E-state index contributed by atoms with van der Waals surface area (Å²) in [5.74, 6) is -0.221. The Morgan fingerprint density at radius 1 is 1.17 bits per heavy atom. The van der Waals surface area contributed by atoms with Crippen LogP contribution in [0.3, 0.4) is 0 Å². The number of rotatable bonds is 4. The molecule has 0 spiro atoms. The summed E-state index contributed by atoms with van der Waals surface area (Å²) in [4.78, 5) is 34.4. The van der Waals surface area contributed by atoms with Crippen molar-refractivity contribution in [2.24, 2.45) is 0 Å². The molecule has 0 bridgehead atoms. The number of aromatic nitrogens is 1. The zero-order valence-corrected chi connectivity index (χ0v) is 17.2. The van der Waals surface area contributed by atoms with Crippen LogP contribution < -0.4 is 0 Å². The van der Waals surface area contributed by atoms with E-state index in [4.69, 9.17) is 4.74 Å². The second-order valence-electron chi connectivity index (χ2n) is 7.40. The van der Waals surface area contributed by atoms with Crippen molar-refractivity contribution in [3.63, 3.8) is 0 Å². The Labute approximate surface area is 173 Å². The van der Waals surface area contributed by atoms with Crippen LogP contribution in [-0.4, -0.2) is 65.5 Å². The molecule has 2 amide bonds. The normalized spacial score (nSPS) is 19.6. The molecule has 0 aliphatic carbocycles. The smallest absolute Gasteiger partial charge is 0.251 e. The third kappa shape index (κ3) is 4.48. The van der Waals surface area contributed by atoms with Crippen molar-refractivity contribution >= 4 is 23.2 Å². The molecule has 2 fully saturated rings. The Bertz CT molecular complexity index is 885. The first-order valence-electron chi connectivity index (χ1n) is 9.91. The van der Waals surface area contributed by atoms with Gasteiger partial charge in [-0.05, 0) is 44.0 Å². The lowest BCUT2D eigenvalue weighted by atomic mass is 10.1. The van der Waals surface area contributed by atoms with E-state index in [0.29, 0.717) is 32.8 Å².